The molecule has 2 aromatic rings. The zero-order valence-corrected chi connectivity index (χ0v) is 15.0. The number of piperazine rings is 1. The molecule has 1 aromatic heterocycles. The first-order valence-corrected chi connectivity index (χ1v) is 9.37. The van der Waals surface area contributed by atoms with Gasteiger partial charge in [-0.05, 0) is 19.1 Å². The summed E-state index contributed by atoms with van der Waals surface area (Å²) in [5.41, 5.74) is 1.11. The van der Waals surface area contributed by atoms with Gasteiger partial charge in [0.1, 0.15) is 6.61 Å². The summed E-state index contributed by atoms with van der Waals surface area (Å²) in [7, 11) is 0. The molecule has 4 rings (SSSR count). The van der Waals surface area contributed by atoms with E-state index in [0.717, 1.165) is 30.3 Å². The fourth-order valence-electron chi connectivity index (χ4n) is 3.18. The second-order valence-electron chi connectivity index (χ2n) is 6.32. The van der Waals surface area contributed by atoms with E-state index in [1.54, 1.807) is 11.3 Å². The third kappa shape index (κ3) is 3.62. The molecule has 0 saturated carbocycles. The average Bonchev–Trinajstić information content (AvgIpc) is 3.06. The third-order valence-corrected chi connectivity index (χ3v) is 5.34. The Bertz CT molecular complexity index is 756. The quantitative estimate of drug-likeness (QED) is 0.838. The topological polar surface area (TPSA) is 54.9 Å². The molecule has 1 fully saturated rings. The molecule has 1 amide bonds. The van der Waals surface area contributed by atoms with E-state index >= 15 is 0 Å². The first-order valence-electron chi connectivity index (χ1n) is 8.50. The minimum Gasteiger partial charge on any atom is -0.485 e. The van der Waals surface area contributed by atoms with Crippen molar-refractivity contribution in [1.29, 1.82) is 0 Å². The minimum atomic E-state index is -0.553. The molecular formula is C18H21N3O3S. The van der Waals surface area contributed by atoms with Gasteiger partial charge in [0, 0.05) is 38.1 Å². The number of carbonyl (C=O) groups is 1. The number of hydrogen-bond donors (Lipinski definition) is 0. The van der Waals surface area contributed by atoms with E-state index in [2.05, 4.69) is 15.3 Å². The molecule has 132 valence electrons. The van der Waals surface area contributed by atoms with Crippen molar-refractivity contribution in [2.24, 2.45) is 0 Å². The van der Waals surface area contributed by atoms with Crippen LogP contribution < -0.4 is 9.47 Å². The smallest absolute Gasteiger partial charge is 0.267 e. The summed E-state index contributed by atoms with van der Waals surface area (Å²) in [6.45, 7) is 6.28. The minimum absolute atomic E-state index is 0.0126. The lowest BCUT2D eigenvalue weighted by molar-refractivity contribution is -0.143. The SMILES string of the molecule is Cc1nc(CN2CCN(C(=O)C3COc4ccccc4O3)CC2)cs1. The van der Waals surface area contributed by atoms with Gasteiger partial charge in [0.2, 0.25) is 6.10 Å². The van der Waals surface area contributed by atoms with Crippen LogP contribution in [0.1, 0.15) is 10.7 Å². The van der Waals surface area contributed by atoms with E-state index in [1.165, 1.54) is 0 Å². The van der Waals surface area contributed by atoms with Gasteiger partial charge in [0.05, 0.1) is 10.7 Å². The van der Waals surface area contributed by atoms with Crippen LogP contribution in [-0.2, 0) is 11.3 Å². The predicted molar refractivity (Wildman–Crippen MR) is 95.1 cm³/mol. The van der Waals surface area contributed by atoms with E-state index in [0.29, 0.717) is 24.6 Å². The highest BCUT2D eigenvalue weighted by atomic mass is 32.1. The maximum absolute atomic E-state index is 12.7. The lowest BCUT2D eigenvalue weighted by Crippen LogP contribution is -2.53. The Hall–Kier alpha value is -2.12. The number of thiazole rings is 1. The summed E-state index contributed by atoms with van der Waals surface area (Å²) in [5.74, 6) is 1.36. The lowest BCUT2D eigenvalue weighted by Gasteiger charge is -2.36. The molecule has 1 unspecified atom stereocenters. The van der Waals surface area contributed by atoms with Crippen LogP contribution in [0, 0.1) is 6.92 Å². The molecule has 1 saturated heterocycles. The van der Waals surface area contributed by atoms with Crippen LogP contribution in [0.5, 0.6) is 11.5 Å². The first kappa shape index (κ1) is 16.4. The van der Waals surface area contributed by atoms with Gasteiger partial charge in [-0.3, -0.25) is 9.69 Å². The van der Waals surface area contributed by atoms with Crippen molar-refractivity contribution in [2.75, 3.05) is 32.8 Å². The van der Waals surface area contributed by atoms with Gasteiger partial charge in [-0.1, -0.05) is 12.1 Å². The molecule has 2 aliphatic rings. The Balaban J connectivity index is 1.31. The van der Waals surface area contributed by atoms with Crippen molar-refractivity contribution in [3.8, 4) is 11.5 Å². The van der Waals surface area contributed by atoms with Gasteiger partial charge < -0.3 is 14.4 Å². The second-order valence-corrected chi connectivity index (χ2v) is 7.39. The van der Waals surface area contributed by atoms with Gasteiger partial charge in [0.25, 0.3) is 5.91 Å². The van der Waals surface area contributed by atoms with E-state index in [9.17, 15) is 4.79 Å². The fraction of sp³-hybridized carbons (Fsp3) is 0.444. The van der Waals surface area contributed by atoms with Crippen molar-refractivity contribution >= 4 is 17.2 Å². The fourth-order valence-corrected chi connectivity index (χ4v) is 3.78. The molecule has 0 aliphatic carbocycles. The standard InChI is InChI=1S/C18H21N3O3S/c1-13-19-14(12-25-13)10-20-6-8-21(9-7-20)18(22)17-11-23-15-4-2-3-5-16(15)24-17/h2-5,12,17H,6-11H2,1H3. The monoisotopic (exact) mass is 359 g/mol. The molecule has 0 spiro atoms. The van der Waals surface area contributed by atoms with E-state index in [4.69, 9.17) is 9.47 Å². The Labute approximate surface area is 151 Å². The van der Waals surface area contributed by atoms with Crippen molar-refractivity contribution in [2.45, 2.75) is 19.6 Å². The number of hydrogen-bond acceptors (Lipinski definition) is 6. The van der Waals surface area contributed by atoms with Crippen LogP contribution in [0.4, 0.5) is 0 Å². The highest BCUT2D eigenvalue weighted by Gasteiger charge is 2.32. The van der Waals surface area contributed by atoms with Crippen molar-refractivity contribution in [3.05, 3.63) is 40.3 Å². The zero-order valence-electron chi connectivity index (χ0n) is 14.2. The third-order valence-electron chi connectivity index (χ3n) is 4.52. The van der Waals surface area contributed by atoms with Crippen molar-refractivity contribution in [1.82, 2.24) is 14.8 Å². The van der Waals surface area contributed by atoms with E-state index in [-0.39, 0.29) is 12.5 Å². The number of aromatic nitrogens is 1. The Morgan fingerprint density at radius 3 is 2.72 bits per heavy atom. The zero-order chi connectivity index (χ0) is 17.2. The van der Waals surface area contributed by atoms with Gasteiger partial charge >= 0.3 is 0 Å². The predicted octanol–water partition coefficient (Wildman–Crippen LogP) is 1.94. The molecule has 0 N–H and O–H groups in total. The summed E-state index contributed by atoms with van der Waals surface area (Å²) >= 11 is 1.68. The molecule has 0 radical (unpaired) electrons. The van der Waals surface area contributed by atoms with Crippen LogP contribution in [0.25, 0.3) is 0 Å². The normalized spacial score (nSPS) is 20.5. The number of nitrogens with zero attached hydrogens (tertiary/aromatic N) is 3. The maximum atomic E-state index is 12.7. The van der Waals surface area contributed by atoms with Crippen molar-refractivity contribution < 1.29 is 14.3 Å². The number of ether oxygens (including phenoxy) is 2. The number of aryl methyl sites for hydroxylation is 1. The summed E-state index contributed by atoms with van der Waals surface area (Å²) in [6, 6.07) is 7.47. The van der Waals surface area contributed by atoms with Crippen LogP contribution in [0.15, 0.2) is 29.6 Å². The average molecular weight is 359 g/mol. The molecule has 6 nitrogen and oxygen atoms in total. The Morgan fingerprint density at radius 1 is 1.24 bits per heavy atom. The van der Waals surface area contributed by atoms with Crippen LogP contribution in [-0.4, -0.2) is 59.6 Å². The summed E-state index contributed by atoms with van der Waals surface area (Å²) in [5, 5.41) is 3.20. The molecule has 3 heterocycles. The molecule has 2 aliphatic heterocycles. The maximum Gasteiger partial charge on any atom is 0.267 e. The van der Waals surface area contributed by atoms with Gasteiger partial charge in [-0.15, -0.1) is 11.3 Å². The van der Waals surface area contributed by atoms with Gasteiger partial charge in [-0.2, -0.15) is 0 Å². The highest BCUT2D eigenvalue weighted by molar-refractivity contribution is 7.09. The number of carbonyl (C=O) groups excluding carboxylic acids is 1. The summed E-state index contributed by atoms with van der Waals surface area (Å²) in [6.07, 6.45) is -0.553. The molecule has 7 heteroatoms. The summed E-state index contributed by atoms with van der Waals surface area (Å²) < 4.78 is 11.5. The Morgan fingerprint density at radius 2 is 2.00 bits per heavy atom. The lowest BCUT2D eigenvalue weighted by atomic mass is 10.2. The van der Waals surface area contributed by atoms with E-state index in [1.807, 2.05) is 36.1 Å². The van der Waals surface area contributed by atoms with E-state index < -0.39 is 6.10 Å². The number of para-hydroxylation sites is 2. The largest absolute Gasteiger partial charge is 0.485 e. The van der Waals surface area contributed by atoms with Gasteiger partial charge in [-0.25, -0.2) is 4.98 Å². The Kier molecular flexibility index (Phi) is 4.59. The highest BCUT2D eigenvalue weighted by Crippen LogP contribution is 2.31. The van der Waals surface area contributed by atoms with Crippen LogP contribution in [0.2, 0.25) is 0 Å². The second kappa shape index (κ2) is 7.01. The molecule has 1 atom stereocenters. The summed E-state index contributed by atoms with van der Waals surface area (Å²) in [4.78, 5) is 21.5. The molecular weight excluding hydrogens is 338 g/mol. The number of fused-ring (bicyclic) bond motifs is 1. The number of rotatable bonds is 3. The van der Waals surface area contributed by atoms with Crippen LogP contribution >= 0.6 is 11.3 Å². The first-order chi connectivity index (χ1) is 12.2. The molecule has 25 heavy (non-hydrogen) atoms. The molecule has 0 bridgehead atoms. The van der Waals surface area contributed by atoms with Crippen LogP contribution in [0.3, 0.4) is 0 Å². The number of benzene rings is 1. The van der Waals surface area contributed by atoms with Gasteiger partial charge in [0.15, 0.2) is 11.5 Å². The number of amides is 1. The van der Waals surface area contributed by atoms with Crippen molar-refractivity contribution in [3.63, 3.8) is 0 Å². The molecule has 1 aromatic carbocycles.